The van der Waals surface area contributed by atoms with Crippen LogP contribution in [0.2, 0.25) is 5.02 Å². The maximum absolute atomic E-state index is 12.1. The number of hydrogen-bond acceptors (Lipinski definition) is 4. The summed E-state index contributed by atoms with van der Waals surface area (Å²) in [6, 6.07) is 10.5. The molecule has 148 valence electrons. The Balaban J connectivity index is 1.97. The second-order valence-electron chi connectivity index (χ2n) is 7.15. The van der Waals surface area contributed by atoms with Gasteiger partial charge in [-0.15, -0.1) is 0 Å². The number of likely N-dealkylation sites (N-methyl/N-ethyl adjacent to an activating group) is 1. The molecule has 1 aliphatic heterocycles. The number of aromatic nitrogens is 1. The summed E-state index contributed by atoms with van der Waals surface area (Å²) < 4.78 is 5.13. The SMILES string of the molecule is COc1cc(/C=C2\C[NH+](C)Cc3c2nc2ccccc2c3C(=O)O)cc(Cl)c1[O-]. The summed E-state index contributed by atoms with van der Waals surface area (Å²) in [5.74, 6) is -1.16. The third kappa shape index (κ3) is 3.41. The van der Waals surface area contributed by atoms with Crippen molar-refractivity contribution >= 4 is 40.1 Å². The molecule has 7 heteroatoms. The molecule has 0 saturated carbocycles. The Morgan fingerprint density at radius 3 is 2.79 bits per heavy atom. The van der Waals surface area contributed by atoms with Crippen molar-refractivity contribution in [3.05, 3.63) is 63.8 Å². The minimum atomic E-state index is -0.964. The first kappa shape index (κ1) is 19.2. The summed E-state index contributed by atoms with van der Waals surface area (Å²) in [4.78, 5) is 18.0. The number of ether oxygens (including phenoxy) is 1. The van der Waals surface area contributed by atoms with Gasteiger partial charge in [-0.05, 0) is 35.6 Å². The van der Waals surface area contributed by atoms with Gasteiger partial charge in [0.1, 0.15) is 18.8 Å². The van der Waals surface area contributed by atoms with Gasteiger partial charge in [0.15, 0.2) is 0 Å². The lowest BCUT2D eigenvalue weighted by Gasteiger charge is -2.26. The molecule has 2 N–H and O–H groups in total. The summed E-state index contributed by atoms with van der Waals surface area (Å²) in [5, 5.41) is 22.6. The van der Waals surface area contributed by atoms with Crippen molar-refractivity contribution in [3.8, 4) is 11.5 Å². The number of para-hydroxylation sites is 1. The second-order valence-corrected chi connectivity index (χ2v) is 7.56. The summed E-state index contributed by atoms with van der Waals surface area (Å²) >= 11 is 6.07. The Morgan fingerprint density at radius 2 is 2.07 bits per heavy atom. The molecule has 1 atom stereocenters. The fourth-order valence-electron chi connectivity index (χ4n) is 3.85. The van der Waals surface area contributed by atoms with E-state index in [9.17, 15) is 15.0 Å². The summed E-state index contributed by atoms with van der Waals surface area (Å²) in [6.45, 7) is 1.23. The van der Waals surface area contributed by atoms with Crippen LogP contribution in [0, 0.1) is 0 Å². The van der Waals surface area contributed by atoms with Crippen LogP contribution in [0.25, 0.3) is 22.6 Å². The number of carboxylic acid groups (broad SMARTS) is 1. The number of halogens is 1. The molecule has 6 nitrogen and oxygen atoms in total. The standard InChI is InChI=1S/C22H19ClN2O4/c1-25-10-13(7-12-8-16(23)21(26)18(9-12)29-2)20-15(11-25)19(22(27)28)14-5-3-4-6-17(14)24-20/h3-9,26H,10-11H2,1-2H3,(H,27,28)/b13-7+. The third-order valence-electron chi connectivity index (χ3n) is 5.07. The first-order valence-corrected chi connectivity index (χ1v) is 9.48. The Morgan fingerprint density at radius 1 is 1.31 bits per heavy atom. The molecule has 2 aromatic carbocycles. The monoisotopic (exact) mass is 410 g/mol. The number of carboxylic acids is 1. The molecular formula is C22H19ClN2O4. The first-order valence-electron chi connectivity index (χ1n) is 9.10. The molecule has 29 heavy (non-hydrogen) atoms. The Bertz CT molecular complexity index is 1170. The van der Waals surface area contributed by atoms with Gasteiger partial charge in [-0.3, -0.25) is 0 Å². The highest BCUT2D eigenvalue weighted by molar-refractivity contribution is 6.32. The molecule has 1 unspecified atom stereocenters. The molecule has 1 aromatic heterocycles. The molecule has 0 saturated heterocycles. The third-order valence-corrected chi connectivity index (χ3v) is 5.36. The first-order chi connectivity index (χ1) is 13.9. The highest BCUT2D eigenvalue weighted by Gasteiger charge is 2.29. The van der Waals surface area contributed by atoms with E-state index in [1.54, 1.807) is 18.2 Å². The number of nitrogens with zero attached hydrogens (tertiary/aromatic N) is 1. The lowest BCUT2D eigenvalue weighted by Crippen LogP contribution is -3.08. The van der Waals surface area contributed by atoms with Crippen LogP contribution >= 0.6 is 11.6 Å². The number of hydrogen-bond donors (Lipinski definition) is 2. The summed E-state index contributed by atoms with van der Waals surface area (Å²) in [6.07, 6.45) is 1.89. The van der Waals surface area contributed by atoms with Gasteiger partial charge in [-0.25, -0.2) is 9.78 Å². The van der Waals surface area contributed by atoms with Crippen LogP contribution in [0.15, 0.2) is 36.4 Å². The number of quaternary nitrogens is 1. The van der Waals surface area contributed by atoms with Gasteiger partial charge in [0.25, 0.3) is 0 Å². The van der Waals surface area contributed by atoms with Crippen molar-refractivity contribution in [2.24, 2.45) is 0 Å². The predicted molar refractivity (Wildman–Crippen MR) is 109 cm³/mol. The highest BCUT2D eigenvalue weighted by atomic mass is 35.5. The van der Waals surface area contributed by atoms with Gasteiger partial charge in [-0.1, -0.05) is 29.8 Å². The Kier molecular flexibility index (Phi) is 4.90. The van der Waals surface area contributed by atoms with Crippen LogP contribution in [0.4, 0.5) is 0 Å². The van der Waals surface area contributed by atoms with Crippen LogP contribution in [0.5, 0.6) is 11.5 Å². The van der Waals surface area contributed by atoms with Gasteiger partial charge in [-0.2, -0.15) is 0 Å². The van der Waals surface area contributed by atoms with Gasteiger partial charge < -0.3 is 19.8 Å². The minimum Gasteiger partial charge on any atom is -0.869 e. The molecule has 0 bridgehead atoms. The predicted octanol–water partition coefficient (Wildman–Crippen LogP) is 2.24. The lowest BCUT2D eigenvalue weighted by atomic mass is 9.92. The van der Waals surface area contributed by atoms with E-state index in [0.29, 0.717) is 46.4 Å². The molecule has 0 amide bonds. The zero-order valence-electron chi connectivity index (χ0n) is 16.0. The molecule has 1 aliphatic rings. The number of carbonyl (C=O) groups is 1. The maximum atomic E-state index is 12.1. The normalized spacial score (nSPS) is 17.3. The van der Waals surface area contributed by atoms with E-state index in [1.807, 2.05) is 31.3 Å². The molecule has 0 spiro atoms. The van der Waals surface area contributed by atoms with E-state index >= 15 is 0 Å². The number of aromatic carboxylic acids is 1. The summed E-state index contributed by atoms with van der Waals surface area (Å²) in [7, 11) is 3.43. The Hall–Kier alpha value is -3.09. The molecule has 4 rings (SSSR count). The van der Waals surface area contributed by atoms with Crippen LogP contribution < -0.4 is 14.7 Å². The second kappa shape index (κ2) is 7.39. The summed E-state index contributed by atoms with van der Waals surface area (Å²) in [5.41, 5.74) is 3.90. The van der Waals surface area contributed by atoms with E-state index in [0.717, 1.165) is 10.5 Å². The van der Waals surface area contributed by atoms with Crippen LogP contribution in [-0.4, -0.2) is 36.8 Å². The fourth-order valence-corrected chi connectivity index (χ4v) is 4.07. The van der Waals surface area contributed by atoms with Crippen molar-refractivity contribution in [1.29, 1.82) is 0 Å². The molecule has 0 fully saturated rings. The van der Waals surface area contributed by atoms with E-state index < -0.39 is 5.97 Å². The molecule has 0 aliphatic carbocycles. The van der Waals surface area contributed by atoms with Crippen LogP contribution in [-0.2, 0) is 6.54 Å². The molecule has 2 heterocycles. The molecule has 3 aromatic rings. The zero-order chi connectivity index (χ0) is 20.7. The van der Waals surface area contributed by atoms with E-state index in [1.165, 1.54) is 7.11 Å². The average molecular weight is 411 g/mol. The number of nitrogens with one attached hydrogen (secondary N) is 1. The minimum absolute atomic E-state index is 0.0747. The number of pyridine rings is 1. The molecule has 0 radical (unpaired) electrons. The topological polar surface area (TPSA) is 86.9 Å². The smallest absolute Gasteiger partial charge is 0.336 e. The van der Waals surface area contributed by atoms with Crippen molar-refractivity contribution in [2.45, 2.75) is 6.54 Å². The number of rotatable bonds is 3. The number of benzene rings is 2. The van der Waals surface area contributed by atoms with Gasteiger partial charge >= 0.3 is 5.97 Å². The van der Waals surface area contributed by atoms with Crippen molar-refractivity contribution in [3.63, 3.8) is 0 Å². The zero-order valence-corrected chi connectivity index (χ0v) is 16.7. The van der Waals surface area contributed by atoms with Gasteiger partial charge in [0.2, 0.25) is 0 Å². The van der Waals surface area contributed by atoms with Crippen LogP contribution in [0.3, 0.4) is 0 Å². The van der Waals surface area contributed by atoms with Crippen molar-refractivity contribution in [2.75, 3.05) is 20.7 Å². The van der Waals surface area contributed by atoms with E-state index in [4.69, 9.17) is 21.3 Å². The van der Waals surface area contributed by atoms with Gasteiger partial charge in [0.05, 0.1) is 30.9 Å². The lowest BCUT2D eigenvalue weighted by molar-refractivity contribution is -0.887. The van der Waals surface area contributed by atoms with Crippen LogP contribution in [0.1, 0.15) is 27.2 Å². The molecular weight excluding hydrogens is 392 g/mol. The van der Waals surface area contributed by atoms with Crippen molar-refractivity contribution in [1.82, 2.24) is 4.98 Å². The average Bonchev–Trinajstić information content (AvgIpc) is 2.68. The highest BCUT2D eigenvalue weighted by Crippen LogP contribution is 2.35. The van der Waals surface area contributed by atoms with Gasteiger partial charge in [0, 0.05) is 21.5 Å². The quantitative estimate of drug-likeness (QED) is 0.691. The fraction of sp³-hybridized carbons (Fsp3) is 0.182. The maximum Gasteiger partial charge on any atom is 0.336 e. The van der Waals surface area contributed by atoms with E-state index in [-0.39, 0.29) is 16.5 Å². The number of methoxy groups -OCH3 is 1. The number of fused-ring (bicyclic) bond motifs is 2. The Labute approximate surface area is 172 Å². The largest absolute Gasteiger partial charge is 0.869 e. The van der Waals surface area contributed by atoms with Crippen molar-refractivity contribution < 1.29 is 24.6 Å². The van der Waals surface area contributed by atoms with E-state index in [2.05, 4.69) is 0 Å².